The maximum atomic E-state index is 4.36. The van der Waals surface area contributed by atoms with Crippen molar-refractivity contribution in [3.05, 3.63) is 54.5 Å². The van der Waals surface area contributed by atoms with Crippen molar-refractivity contribution in [2.24, 2.45) is 0 Å². The van der Waals surface area contributed by atoms with Crippen molar-refractivity contribution in [1.82, 2.24) is 19.6 Å². The van der Waals surface area contributed by atoms with Gasteiger partial charge in [0.2, 0.25) is 5.95 Å². The fourth-order valence-corrected chi connectivity index (χ4v) is 1.75. The number of hydrogen-bond donors (Lipinski definition) is 1. The van der Waals surface area contributed by atoms with Gasteiger partial charge in [-0.25, -0.2) is 4.52 Å². The van der Waals surface area contributed by atoms with Gasteiger partial charge in [-0.1, -0.05) is 12.1 Å². The highest BCUT2D eigenvalue weighted by atomic mass is 15.3. The Bertz CT molecular complexity index is 599. The molecule has 3 rings (SSSR count). The average molecular weight is 239 g/mol. The van der Waals surface area contributed by atoms with Gasteiger partial charge < -0.3 is 5.32 Å². The molecule has 0 fully saturated rings. The molecule has 0 aliphatic carbocycles. The zero-order valence-electron chi connectivity index (χ0n) is 9.82. The molecule has 0 spiro atoms. The topological polar surface area (TPSA) is 55.1 Å². The van der Waals surface area contributed by atoms with Gasteiger partial charge in [-0.05, 0) is 24.3 Å². The van der Waals surface area contributed by atoms with Gasteiger partial charge in [0.25, 0.3) is 0 Å². The van der Waals surface area contributed by atoms with Crippen molar-refractivity contribution >= 4 is 11.6 Å². The Kier molecular flexibility index (Phi) is 2.87. The zero-order chi connectivity index (χ0) is 12.2. The van der Waals surface area contributed by atoms with Crippen LogP contribution in [0.25, 0.3) is 5.65 Å². The summed E-state index contributed by atoms with van der Waals surface area (Å²) in [6, 6.07) is 11.7. The highest BCUT2D eigenvalue weighted by molar-refractivity contribution is 5.42. The highest BCUT2D eigenvalue weighted by Gasteiger charge is 2.01. The van der Waals surface area contributed by atoms with Crippen LogP contribution in [0.5, 0.6) is 0 Å². The van der Waals surface area contributed by atoms with Crippen molar-refractivity contribution in [2.75, 3.05) is 11.9 Å². The molecule has 90 valence electrons. The van der Waals surface area contributed by atoms with E-state index in [1.807, 2.05) is 42.6 Å². The van der Waals surface area contributed by atoms with Crippen LogP contribution >= 0.6 is 0 Å². The normalized spacial score (nSPS) is 10.7. The first kappa shape index (κ1) is 10.7. The standard InChI is InChI=1S/C13H13N5/c1-3-8-14-11(5-1)7-9-15-13-16-12-6-2-4-10-18(12)17-13/h1-6,8,10H,7,9H2,(H,15,17). The van der Waals surface area contributed by atoms with Gasteiger partial charge in [0, 0.05) is 31.1 Å². The second-order valence-corrected chi connectivity index (χ2v) is 3.94. The Morgan fingerprint density at radius 2 is 2.06 bits per heavy atom. The van der Waals surface area contributed by atoms with Crippen LogP contribution in [0.15, 0.2) is 48.8 Å². The summed E-state index contributed by atoms with van der Waals surface area (Å²) < 4.78 is 1.75. The predicted octanol–water partition coefficient (Wildman–Crippen LogP) is 1.78. The number of rotatable bonds is 4. The summed E-state index contributed by atoms with van der Waals surface area (Å²) in [5.74, 6) is 0.650. The summed E-state index contributed by atoms with van der Waals surface area (Å²) in [5, 5.41) is 7.52. The first-order valence-electron chi connectivity index (χ1n) is 5.87. The lowest BCUT2D eigenvalue weighted by Gasteiger charge is -2.00. The van der Waals surface area contributed by atoms with E-state index < -0.39 is 0 Å². The van der Waals surface area contributed by atoms with Gasteiger partial charge in [-0.3, -0.25) is 4.98 Å². The van der Waals surface area contributed by atoms with Crippen molar-refractivity contribution in [1.29, 1.82) is 0 Å². The molecule has 0 radical (unpaired) electrons. The fraction of sp³-hybridized carbons (Fsp3) is 0.154. The number of fused-ring (bicyclic) bond motifs is 1. The summed E-state index contributed by atoms with van der Waals surface area (Å²) in [6.45, 7) is 0.772. The first-order chi connectivity index (χ1) is 8.92. The molecule has 18 heavy (non-hydrogen) atoms. The molecule has 0 amide bonds. The average Bonchev–Trinajstić information content (AvgIpc) is 2.82. The van der Waals surface area contributed by atoms with Crippen molar-refractivity contribution in [3.63, 3.8) is 0 Å². The zero-order valence-corrected chi connectivity index (χ0v) is 9.82. The van der Waals surface area contributed by atoms with Crippen LogP contribution in [0.1, 0.15) is 5.69 Å². The minimum absolute atomic E-state index is 0.650. The second kappa shape index (κ2) is 4.83. The third-order valence-electron chi connectivity index (χ3n) is 2.63. The largest absolute Gasteiger partial charge is 0.353 e. The van der Waals surface area contributed by atoms with Gasteiger partial charge in [0.1, 0.15) is 0 Å². The predicted molar refractivity (Wildman–Crippen MR) is 69.4 cm³/mol. The second-order valence-electron chi connectivity index (χ2n) is 3.94. The number of aromatic nitrogens is 4. The Morgan fingerprint density at radius 3 is 2.89 bits per heavy atom. The van der Waals surface area contributed by atoms with Gasteiger partial charge in [0.15, 0.2) is 5.65 Å². The number of pyridine rings is 2. The van der Waals surface area contributed by atoms with Gasteiger partial charge in [-0.15, -0.1) is 5.10 Å². The SMILES string of the molecule is c1ccc(CCNc2nc3ccccn3n2)nc1. The van der Waals surface area contributed by atoms with E-state index >= 15 is 0 Å². The highest BCUT2D eigenvalue weighted by Crippen LogP contribution is 2.04. The lowest BCUT2D eigenvalue weighted by molar-refractivity contribution is 0.920. The molecule has 3 aromatic heterocycles. The third-order valence-corrected chi connectivity index (χ3v) is 2.63. The molecule has 3 heterocycles. The molecule has 0 saturated carbocycles. The molecule has 0 saturated heterocycles. The number of hydrogen-bond acceptors (Lipinski definition) is 4. The minimum atomic E-state index is 0.650. The van der Waals surface area contributed by atoms with Crippen LogP contribution in [0.2, 0.25) is 0 Å². The van der Waals surface area contributed by atoms with E-state index in [2.05, 4.69) is 20.4 Å². The molecular formula is C13H13N5. The molecule has 0 aliphatic rings. The molecule has 3 aromatic rings. The van der Waals surface area contributed by atoms with E-state index in [1.54, 1.807) is 10.7 Å². The van der Waals surface area contributed by atoms with E-state index in [1.165, 1.54) is 0 Å². The first-order valence-corrected chi connectivity index (χ1v) is 5.87. The molecule has 0 unspecified atom stereocenters. The lowest BCUT2D eigenvalue weighted by Crippen LogP contribution is -2.07. The molecule has 5 heteroatoms. The molecule has 0 aliphatic heterocycles. The Hall–Kier alpha value is -2.43. The molecular weight excluding hydrogens is 226 g/mol. The molecule has 5 nitrogen and oxygen atoms in total. The van der Waals surface area contributed by atoms with Crippen molar-refractivity contribution in [3.8, 4) is 0 Å². The van der Waals surface area contributed by atoms with Crippen LogP contribution in [0.4, 0.5) is 5.95 Å². The molecule has 1 N–H and O–H groups in total. The molecule has 0 aromatic carbocycles. The van der Waals surface area contributed by atoms with E-state index in [-0.39, 0.29) is 0 Å². The molecule has 0 bridgehead atoms. The van der Waals surface area contributed by atoms with E-state index in [9.17, 15) is 0 Å². The third kappa shape index (κ3) is 2.29. The number of anilines is 1. The summed E-state index contributed by atoms with van der Waals surface area (Å²) in [4.78, 5) is 8.63. The molecule has 0 atom stereocenters. The van der Waals surface area contributed by atoms with E-state index in [4.69, 9.17) is 0 Å². The smallest absolute Gasteiger partial charge is 0.243 e. The quantitative estimate of drug-likeness (QED) is 0.754. The lowest BCUT2D eigenvalue weighted by atomic mass is 10.3. The maximum absolute atomic E-state index is 4.36. The summed E-state index contributed by atoms with van der Waals surface area (Å²) in [7, 11) is 0. The summed E-state index contributed by atoms with van der Waals surface area (Å²) >= 11 is 0. The van der Waals surface area contributed by atoms with Crippen LogP contribution in [0.3, 0.4) is 0 Å². The Balaban J connectivity index is 1.63. The van der Waals surface area contributed by atoms with Crippen molar-refractivity contribution in [2.45, 2.75) is 6.42 Å². The summed E-state index contributed by atoms with van der Waals surface area (Å²) in [6.07, 6.45) is 4.54. The van der Waals surface area contributed by atoms with Crippen LogP contribution in [-0.4, -0.2) is 26.1 Å². The van der Waals surface area contributed by atoms with Gasteiger partial charge in [-0.2, -0.15) is 4.98 Å². The maximum Gasteiger partial charge on any atom is 0.243 e. The van der Waals surface area contributed by atoms with Crippen LogP contribution in [-0.2, 0) is 6.42 Å². The van der Waals surface area contributed by atoms with Crippen molar-refractivity contribution < 1.29 is 0 Å². The number of nitrogens with one attached hydrogen (secondary N) is 1. The van der Waals surface area contributed by atoms with Gasteiger partial charge >= 0.3 is 0 Å². The van der Waals surface area contributed by atoms with Gasteiger partial charge in [0.05, 0.1) is 0 Å². The minimum Gasteiger partial charge on any atom is -0.353 e. The van der Waals surface area contributed by atoms with E-state index in [0.29, 0.717) is 5.95 Å². The fourth-order valence-electron chi connectivity index (χ4n) is 1.75. The van der Waals surface area contributed by atoms with Crippen LogP contribution < -0.4 is 5.32 Å². The Labute approximate surface area is 105 Å². The van der Waals surface area contributed by atoms with Crippen LogP contribution in [0, 0.1) is 0 Å². The van der Waals surface area contributed by atoms with E-state index in [0.717, 1.165) is 24.3 Å². The number of nitrogens with zero attached hydrogens (tertiary/aromatic N) is 4. The summed E-state index contributed by atoms with van der Waals surface area (Å²) in [5.41, 5.74) is 1.91. The monoisotopic (exact) mass is 239 g/mol. The Morgan fingerprint density at radius 1 is 1.11 bits per heavy atom.